The van der Waals surface area contributed by atoms with Gasteiger partial charge in [0.25, 0.3) is 0 Å². The van der Waals surface area contributed by atoms with Crippen molar-refractivity contribution in [3.05, 3.63) is 12.2 Å². The van der Waals surface area contributed by atoms with Gasteiger partial charge in [0.15, 0.2) is 0 Å². The Labute approximate surface area is 78.1 Å². The van der Waals surface area contributed by atoms with E-state index in [-0.39, 0.29) is 0 Å². The molecule has 0 aromatic carbocycles. The topological polar surface area (TPSA) is 0 Å². The van der Waals surface area contributed by atoms with E-state index in [1.54, 1.807) is 0 Å². The zero-order valence-electron chi connectivity index (χ0n) is 9.30. The molecule has 3 unspecified atom stereocenters. The molecule has 0 amide bonds. The first kappa shape index (κ1) is 11.7. The van der Waals surface area contributed by atoms with E-state index >= 15 is 0 Å². The Morgan fingerprint density at radius 1 is 1.08 bits per heavy atom. The van der Waals surface area contributed by atoms with E-state index in [4.69, 9.17) is 0 Å². The molecule has 0 heterocycles. The lowest BCUT2D eigenvalue weighted by molar-refractivity contribution is 0.276. The molecule has 0 saturated heterocycles. The highest BCUT2D eigenvalue weighted by atomic mass is 14.2. The third-order valence-corrected chi connectivity index (χ3v) is 3.02. The van der Waals surface area contributed by atoms with E-state index in [2.05, 4.69) is 46.8 Å². The van der Waals surface area contributed by atoms with E-state index in [9.17, 15) is 0 Å². The molecule has 0 fully saturated rings. The summed E-state index contributed by atoms with van der Waals surface area (Å²) in [4.78, 5) is 0. The van der Waals surface area contributed by atoms with Crippen LogP contribution in [0.2, 0.25) is 0 Å². The monoisotopic (exact) mass is 168 g/mol. The van der Waals surface area contributed by atoms with Gasteiger partial charge in [0.1, 0.15) is 0 Å². The predicted octanol–water partition coefficient (Wildman–Crippen LogP) is 4.27. The van der Waals surface area contributed by atoms with Crippen LogP contribution >= 0.6 is 0 Å². The molecule has 0 aromatic rings. The van der Waals surface area contributed by atoms with Crippen molar-refractivity contribution in [2.24, 2.45) is 17.8 Å². The lowest BCUT2D eigenvalue weighted by Crippen LogP contribution is -2.17. The van der Waals surface area contributed by atoms with Gasteiger partial charge in [0, 0.05) is 0 Å². The van der Waals surface area contributed by atoms with Crippen molar-refractivity contribution in [3.63, 3.8) is 0 Å². The minimum atomic E-state index is 0.745. The summed E-state index contributed by atoms with van der Waals surface area (Å²) >= 11 is 0. The Morgan fingerprint density at radius 3 is 2.00 bits per heavy atom. The molecular formula is C12H24. The summed E-state index contributed by atoms with van der Waals surface area (Å²) in [7, 11) is 0. The van der Waals surface area contributed by atoms with Gasteiger partial charge in [-0.15, -0.1) is 0 Å². The van der Waals surface area contributed by atoms with E-state index in [1.807, 2.05) is 0 Å². The quantitative estimate of drug-likeness (QED) is 0.538. The molecule has 0 N–H and O–H groups in total. The van der Waals surface area contributed by atoms with Crippen molar-refractivity contribution >= 4 is 0 Å². The molecule has 0 nitrogen and oxygen atoms in total. The fourth-order valence-corrected chi connectivity index (χ4v) is 2.04. The molecule has 0 radical (unpaired) electrons. The zero-order valence-corrected chi connectivity index (χ0v) is 9.30. The highest BCUT2D eigenvalue weighted by molar-refractivity contribution is 4.88. The van der Waals surface area contributed by atoms with Crippen LogP contribution in [0.3, 0.4) is 0 Å². The molecular weight excluding hydrogens is 144 g/mol. The fourth-order valence-electron chi connectivity index (χ4n) is 2.04. The zero-order chi connectivity index (χ0) is 9.56. The molecule has 72 valence electrons. The van der Waals surface area contributed by atoms with Gasteiger partial charge in [-0.05, 0) is 24.7 Å². The highest BCUT2D eigenvalue weighted by Gasteiger charge is 2.18. The summed E-state index contributed by atoms with van der Waals surface area (Å²) in [6.45, 7) is 11.4. The van der Waals surface area contributed by atoms with Gasteiger partial charge in [-0.25, -0.2) is 0 Å². The van der Waals surface area contributed by atoms with Crippen LogP contribution in [-0.2, 0) is 0 Å². The van der Waals surface area contributed by atoms with Crippen LogP contribution in [0.4, 0.5) is 0 Å². The minimum Gasteiger partial charge on any atom is -0.0914 e. The van der Waals surface area contributed by atoms with Gasteiger partial charge < -0.3 is 0 Å². The summed E-state index contributed by atoms with van der Waals surface area (Å²) in [5.41, 5.74) is 0. The molecule has 0 saturated carbocycles. The molecule has 0 spiro atoms. The smallest absolute Gasteiger partial charge is 0.0231 e. The maximum Gasteiger partial charge on any atom is -0.0231 e. The Bertz CT molecular complexity index is 124. The van der Waals surface area contributed by atoms with Crippen molar-refractivity contribution < 1.29 is 0 Å². The molecule has 0 aliphatic rings. The standard InChI is InChI=1S/C12H24/c1-6-9-11(5)12(8-3)10(4)7-2/h6,9-12H,7-8H2,1-5H3. The molecule has 12 heavy (non-hydrogen) atoms. The van der Waals surface area contributed by atoms with Crippen LogP contribution in [0.1, 0.15) is 47.5 Å². The largest absolute Gasteiger partial charge is 0.0914 e. The first-order valence-electron chi connectivity index (χ1n) is 5.30. The Kier molecular flexibility index (Phi) is 6.14. The van der Waals surface area contributed by atoms with Crippen molar-refractivity contribution in [2.45, 2.75) is 47.5 Å². The molecule has 0 bridgehead atoms. The molecule has 0 aliphatic carbocycles. The lowest BCUT2D eigenvalue weighted by Gasteiger charge is -2.25. The van der Waals surface area contributed by atoms with Gasteiger partial charge in [0.2, 0.25) is 0 Å². The van der Waals surface area contributed by atoms with E-state index in [1.165, 1.54) is 12.8 Å². The second-order valence-electron chi connectivity index (χ2n) is 3.84. The summed E-state index contributed by atoms with van der Waals surface area (Å²) in [5, 5.41) is 0. The maximum atomic E-state index is 2.37. The van der Waals surface area contributed by atoms with E-state index in [0.29, 0.717) is 0 Å². The molecule has 0 rings (SSSR count). The third-order valence-electron chi connectivity index (χ3n) is 3.02. The van der Waals surface area contributed by atoms with Gasteiger partial charge in [-0.1, -0.05) is 52.7 Å². The van der Waals surface area contributed by atoms with Gasteiger partial charge in [-0.2, -0.15) is 0 Å². The maximum absolute atomic E-state index is 2.37. The van der Waals surface area contributed by atoms with E-state index < -0.39 is 0 Å². The Hall–Kier alpha value is -0.260. The minimum absolute atomic E-state index is 0.745. The lowest BCUT2D eigenvalue weighted by atomic mass is 9.80. The van der Waals surface area contributed by atoms with Crippen LogP contribution in [0.5, 0.6) is 0 Å². The highest BCUT2D eigenvalue weighted by Crippen LogP contribution is 2.27. The van der Waals surface area contributed by atoms with E-state index in [0.717, 1.165) is 17.8 Å². The first-order chi connectivity index (χ1) is 5.67. The van der Waals surface area contributed by atoms with Crippen LogP contribution in [0.15, 0.2) is 12.2 Å². The van der Waals surface area contributed by atoms with Crippen molar-refractivity contribution in [3.8, 4) is 0 Å². The first-order valence-corrected chi connectivity index (χ1v) is 5.30. The molecule has 0 aliphatic heterocycles. The number of rotatable bonds is 5. The number of hydrogen-bond donors (Lipinski definition) is 0. The summed E-state index contributed by atoms with van der Waals surface area (Å²) in [6, 6.07) is 0. The number of allylic oxidation sites excluding steroid dienone is 2. The fraction of sp³-hybridized carbons (Fsp3) is 0.833. The second-order valence-corrected chi connectivity index (χ2v) is 3.84. The van der Waals surface area contributed by atoms with Crippen LogP contribution in [0.25, 0.3) is 0 Å². The third kappa shape index (κ3) is 3.42. The van der Waals surface area contributed by atoms with Gasteiger partial charge in [-0.3, -0.25) is 0 Å². The van der Waals surface area contributed by atoms with Crippen molar-refractivity contribution in [1.29, 1.82) is 0 Å². The van der Waals surface area contributed by atoms with Crippen molar-refractivity contribution in [2.75, 3.05) is 0 Å². The Balaban J connectivity index is 4.12. The van der Waals surface area contributed by atoms with Crippen LogP contribution in [0, 0.1) is 17.8 Å². The summed E-state index contributed by atoms with van der Waals surface area (Å²) in [6.07, 6.45) is 7.12. The summed E-state index contributed by atoms with van der Waals surface area (Å²) < 4.78 is 0. The predicted molar refractivity (Wildman–Crippen MR) is 57.2 cm³/mol. The van der Waals surface area contributed by atoms with Gasteiger partial charge >= 0.3 is 0 Å². The molecule has 3 atom stereocenters. The number of hydrogen-bond acceptors (Lipinski definition) is 0. The summed E-state index contributed by atoms with van der Waals surface area (Å²) in [5.74, 6) is 2.47. The SMILES string of the molecule is CC=CC(C)C(CC)C(C)CC. The van der Waals surface area contributed by atoms with Gasteiger partial charge in [0.05, 0.1) is 0 Å². The second kappa shape index (κ2) is 6.28. The normalized spacial score (nSPS) is 19.4. The Morgan fingerprint density at radius 2 is 1.67 bits per heavy atom. The average molecular weight is 168 g/mol. The average Bonchev–Trinajstić information content (AvgIpc) is 2.06. The van der Waals surface area contributed by atoms with Crippen molar-refractivity contribution in [1.82, 2.24) is 0 Å². The van der Waals surface area contributed by atoms with Crippen LogP contribution in [-0.4, -0.2) is 0 Å². The molecule has 0 heteroatoms. The molecule has 0 aromatic heterocycles. The van der Waals surface area contributed by atoms with Crippen LogP contribution < -0.4 is 0 Å².